The first-order valence-corrected chi connectivity index (χ1v) is 6.59. The normalized spacial score (nSPS) is 10.3. The number of nitrogens with one attached hydrogen (secondary N) is 1. The molecule has 104 valence electrons. The van der Waals surface area contributed by atoms with Gasteiger partial charge < -0.3 is 5.32 Å². The van der Waals surface area contributed by atoms with Crippen molar-refractivity contribution in [3.63, 3.8) is 0 Å². The predicted molar refractivity (Wildman–Crippen MR) is 81.3 cm³/mol. The van der Waals surface area contributed by atoms with Gasteiger partial charge in [-0.2, -0.15) is 0 Å². The van der Waals surface area contributed by atoms with Gasteiger partial charge in [-0.15, -0.1) is 0 Å². The van der Waals surface area contributed by atoms with Crippen molar-refractivity contribution in [2.45, 2.75) is 20.4 Å². The molecule has 0 unspecified atom stereocenters. The van der Waals surface area contributed by atoms with E-state index in [1.807, 2.05) is 31.2 Å². The van der Waals surface area contributed by atoms with Gasteiger partial charge in [-0.3, -0.25) is 10.1 Å². The maximum Gasteiger partial charge on any atom is 0.272 e. The lowest BCUT2D eigenvalue weighted by Crippen LogP contribution is -2.03. The summed E-state index contributed by atoms with van der Waals surface area (Å²) < 4.78 is 0. The Kier molecular flexibility index (Phi) is 4.25. The van der Waals surface area contributed by atoms with Crippen LogP contribution in [0, 0.1) is 24.0 Å². The smallest absolute Gasteiger partial charge is 0.272 e. The maximum absolute atomic E-state index is 10.9. The van der Waals surface area contributed by atoms with Crippen molar-refractivity contribution < 1.29 is 4.92 Å². The van der Waals surface area contributed by atoms with Crippen LogP contribution in [0.4, 0.5) is 11.4 Å². The Morgan fingerprint density at radius 1 is 1.20 bits per heavy atom. The second kappa shape index (κ2) is 5.92. The Morgan fingerprint density at radius 2 is 1.95 bits per heavy atom. The first-order valence-electron chi connectivity index (χ1n) is 6.22. The minimum Gasteiger partial charge on any atom is -0.380 e. The predicted octanol–water partition coefficient (Wildman–Crippen LogP) is 4.48. The molecular formula is C15H15ClN2O2. The van der Waals surface area contributed by atoms with E-state index in [-0.39, 0.29) is 10.6 Å². The zero-order chi connectivity index (χ0) is 14.7. The van der Waals surface area contributed by atoms with Gasteiger partial charge >= 0.3 is 0 Å². The molecule has 0 spiro atoms. The van der Waals surface area contributed by atoms with E-state index in [0.29, 0.717) is 17.1 Å². The summed E-state index contributed by atoms with van der Waals surface area (Å²) in [6, 6.07) is 10.9. The molecule has 0 amide bonds. The maximum atomic E-state index is 10.9. The molecule has 0 aromatic heterocycles. The number of para-hydroxylation sites is 1. The van der Waals surface area contributed by atoms with Crippen LogP contribution >= 0.6 is 11.6 Å². The second-order valence-corrected chi connectivity index (χ2v) is 5.07. The van der Waals surface area contributed by atoms with Gasteiger partial charge in [-0.1, -0.05) is 35.9 Å². The highest BCUT2D eigenvalue weighted by molar-refractivity contribution is 6.33. The molecule has 0 saturated carbocycles. The molecule has 0 aliphatic rings. The van der Waals surface area contributed by atoms with Gasteiger partial charge in [0.1, 0.15) is 0 Å². The van der Waals surface area contributed by atoms with E-state index < -0.39 is 0 Å². The van der Waals surface area contributed by atoms with Crippen molar-refractivity contribution in [2.24, 2.45) is 0 Å². The summed E-state index contributed by atoms with van der Waals surface area (Å²) in [7, 11) is 0. The molecule has 0 aliphatic heterocycles. The van der Waals surface area contributed by atoms with E-state index in [9.17, 15) is 10.1 Å². The number of nitro benzene ring substituents is 1. The number of hydrogen-bond acceptors (Lipinski definition) is 3. The number of anilines is 1. The third-order valence-corrected chi connectivity index (χ3v) is 3.48. The van der Waals surface area contributed by atoms with Crippen LogP contribution in [0.5, 0.6) is 0 Å². The van der Waals surface area contributed by atoms with Crippen molar-refractivity contribution in [3.8, 4) is 0 Å². The highest BCUT2D eigenvalue weighted by Gasteiger charge is 2.11. The monoisotopic (exact) mass is 290 g/mol. The van der Waals surface area contributed by atoms with Gasteiger partial charge in [-0.05, 0) is 31.0 Å². The van der Waals surface area contributed by atoms with Crippen LogP contribution < -0.4 is 5.32 Å². The molecule has 2 aromatic rings. The molecule has 2 aromatic carbocycles. The molecule has 0 heterocycles. The van der Waals surface area contributed by atoms with E-state index in [1.54, 1.807) is 19.1 Å². The molecule has 1 N–H and O–H groups in total. The second-order valence-electron chi connectivity index (χ2n) is 4.66. The number of rotatable bonds is 4. The lowest BCUT2D eigenvalue weighted by Gasteiger charge is -2.11. The van der Waals surface area contributed by atoms with Crippen molar-refractivity contribution in [3.05, 3.63) is 68.2 Å². The van der Waals surface area contributed by atoms with Gasteiger partial charge in [0, 0.05) is 18.2 Å². The fraction of sp³-hybridized carbons (Fsp3) is 0.200. The summed E-state index contributed by atoms with van der Waals surface area (Å²) in [5, 5.41) is 14.8. The largest absolute Gasteiger partial charge is 0.380 e. The van der Waals surface area contributed by atoms with Crippen LogP contribution in [0.3, 0.4) is 0 Å². The number of benzene rings is 2. The summed E-state index contributed by atoms with van der Waals surface area (Å²) in [4.78, 5) is 10.6. The minimum atomic E-state index is -0.362. The van der Waals surface area contributed by atoms with Crippen LogP contribution in [0.2, 0.25) is 5.02 Å². The van der Waals surface area contributed by atoms with E-state index in [2.05, 4.69) is 5.32 Å². The van der Waals surface area contributed by atoms with Gasteiger partial charge in [0.15, 0.2) is 0 Å². The van der Waals surface area contributed by atoms with Gasteiger partial charge in [0.2, 0.25) is 0 Å². The SMILES string of the molecule is Cc1ccc(CNc2c(C)cccc2Cl)cc1[N+](=O)[O-]. The fourth-order valence-electron chi connectivity index (χ4n) is 2.01. The zero-order valence-electron chi connectivity index (χ0n) is 11.3. The van der Waals surface area contributed by atoms with Crippen LogP contribution in [0.15, 0.2) is 36.4 Å². The Hall–Kier alpha value is -2.07. The number of halogens is 1. The number of nitrogens with zero attached hydrogens (tertiary/aromatic N) is 1. The number of aryl methyl sites for hydroxylation is 2. The Balaban J connectivity index is 2.19. The van der Waals surface area contributed by atoms with Crippen molar-refractivity contribution in [1.29, 1.82) is 0 Å². The molecule has 0 aliphatic carbocycles. The highest BCUT2D eigenvalue weighted by Crippen LogP contribution is 2.26. The average molecular weight is 291 g/mol. The zero-order valence-corrected chi connectivity index (χ0v) is 12.1. The summed E-state index contributed by atoms with van der Waals surface area (Å²) in [6.45, 7) is 4.19. The quantitative estimate of drug-likeness (QED) is 0.667. The Bertz CT molecular complexity index is 636. The molecule has 4 nitrogen and oxygen atoms in total. The summed E-state index contributed by atoms with van der Waals surface area (Å²) >= 11 is 6.13. The summed E-state index contributed by atoms with van der Waals surface area (Å²) in [5.41, 5.74) is 3.55. The summed E-state index contributed by atoms with van der Waals surface area (Å²) in [6.07, 6.45) is 0. The van der Waals surface area contributed by atoms with Crippen LogP contribution in [0.1, 0.15) is 16.7 Å². The molecule has 5 heteroatoms. The van der Waals surface area contributed by atoms with E-state index in [1.165, 1.54) is 0 Å². The van der Waals surface area contributed by atoms with Crippen LogP contribution in [-0.2, 0) is 6.54 Å². The molecular weight excluding hydrogens is 276 g/mol. The van der Waals surface area contributed by atoms with Gasteiger partial charge in [-0.25, -0.2) is 0 Å². The Labute approximate surface area is 122 Å². The molecule has 0 bridgehead atoms. The lowest BCUT2D eigenvalue weighted by atomic mass is 10.1. The topological polar surface area (TPSA) is 55.2 Å². The lowest BCUT2D eigenvalue weighted by molar-refractivity contribution is -0.385. The van der Waals surface area contributed by atoms with Crippen molar-refractivity contribution >= 4 is 23.0 Å². The third kappa shape index (κ3) is 3.08. The van der Waals surface area contributed by atoms with Gasteiger partial charge in [0.05, 0.1) is 15.6 Å². The molecule has 0 radical (unpaired) electrons. The first-order chi connectivity index (χ1) is 9.49. The standard InChI is InChI=1S/C15H15ClN2O2/c1-10-6-7-12(8-14(10)18(19)20)9-17-15-11(2)4-3-5-13(15)16/h3-8,17H,9H2,1-2H3. The molecule has 2 rings (SSSR count). The van der Waals surface area contributed by atoms with Gasteiger partial charge in [0.25, 0.3) is 5.69 Å². The fourth-order valence-corrected chi connectivity index (χ4v) is 2.30. The van der Waals surface area contributed by atoms with Crippen molar-refractivity contribution in [2.75, 3.05) is 5.32 Å². The van der Waals surface area contributed by atoms with Crippen LogP contribution in [0.25, 0.3) is 0 Å². The first kappa shape index (κ1) is 14.3. The molecule has 0 fully saturated rings. The van der Waals surface area contributed by atoms with Crippen molar-refractivity contribution in [1.82, 2.24) is 0 Å². The minimum absolute atomic E-state index is 0.139. The van der Waals surface area contributed by atoms with Crippen LogP contribution in [-0.4, -0.2) is 4.92 Å². The molecule has 20 heavy (non-hydrogen) atoms. The Morgan fingerprint density at radius 3 is 2.60 bits per heavy atom. The highest BCUT2D eigenvalue weighted by atomic mass is 35.5. The third-order valence-electron chi connectivity index (χ3n) is 3.16. The average Bonchev–Trinajstić information content (AvgIpc) is 2.39. The van der Waals surface area contributed by atoms with E-state index in [0.717, 1.165) is 16.8 Å². The number of nitro groups is 1. The molecule has 0 saturated heterocycles. The summed E-state index contributed by atoms with van der Waals surface area (Å²) in [5.74, 6) is 0. The van der Waals surface area contributed by atoms with E-state index in [4.69, 9.17) is 11.6 Å². The van der Waals surface area contributed by atoms with E-state index >= 15 is 0 Å². The number of hydrogen-bond donors (Lipinski definition) is 1. The molecule has 0 atom stereocenters.